The zero-order valence-electron chi connectivity index (χ0n) is 7.12. The van der Waals surface area contributed by atoms with Crippen LogP contribution in [0.2, 0.25) is 0 Å². The topological polar surface area (TPSA) is 25.8 Å². The van der Waals surface area contributed by atoms with Gasteiger partial charge >= 0.3 is 0 Å². The van der Waals surface area contributed by atoms with E-state index in [1.54, 1.807) is 24.8 Å². The maximum absolute atomic E-state index is 3.96. The third-order valence-electron chi connectivity index (χ3n) is 1.69. The number of hydrogen-bond acceptors (Lipinski definition) is 2. The summed E-state index contributed by atoms with van der Waals surface area (Å²) in [5.74, 6) is 0. The summed E-state index contributed by atoms with van der Waals surface area (Å²) in [5, 5.41) is 0. The van der Waals surface area contributed by atoms with Crippen LogP contribution in [0, 0.1) is 0 Å². The molecule has 0 fully saturated rings. The summed E-state index contributed by atoms with van der Waals surface area (Å²) < 4.78 is 0. The van der Waals surface area contributed by atoms with E-state index < -0.39 is 0 Å². The van der Waals surface area contributed by atoms with Gasteiger partial charge in [-0.3, -0.25) is 9.97 Å². The van der Waals surface area contributed by atoms with Crippen LogP contribution < -0.4 is 0 Å². The van der Waals surface area contributed by atoms with Crippen molar-refractivity contribution >= 4 is 0 Å². The number of rotatable bonds is 1. The molecular weight excluding hydrogens is 275 g/mol. The summed E-state index contributed by atoms with van der Waals surface area (Å²) in [6.07, 6.45) is 7.15. The normalized spacial score (nSPS) is 8.29. The summed E-state index contributed by atoms with van der Waals surface area (Å²) in [4.78, 5) is 7.91. The monoisotopic (exact) mass is 282 g/mol. The van der Waals surface area contributed by atoms with Gasteiger partial charge in [0, 0.05) is 58.9 Å². The molecule has 0 atom stereocenters. The van der Waals surface area contributed by atoms with Gasteiger partial charge in [-0.2, -0.15) is 0 Å². The van der Waals surface area contributed by atoms with Crippen molar-refractivity contribution in [2.75, 3.05) is 0 Å². The van der Waals surface area contributed by atoms with Gasteiger partial charge in [0.1, 0.15) is 0 Å². The smallest absolute Gasteiger partial charge is 0.0273 e. The number of nitrogens with zero attached hydrogens (tertiary/aromatic N) is 2. The average molecular weight is 283 g/mol. The van der Waals surface area contributed by atoms with Crippen LogP contribution in [-0.2, 0) is 34.1 Å². The van der Waals surface area contributed by atoms with Gasteiger partial charge in [-0.05, 0) is 35.4 Å². The Balaban J connectivity index is 0.000000845. The SMILES string of the molecule is [Cu].[Cu].c1cc(-c2ccncc2)ccn1. The van der Waals surface area contributed by atoms with E-state index in [1.165, 1.54) is 11.1 Å². The summed E-state index contributed by atoms with van der Waals surface area (Å²) >= 11 is 0. The molecule has 80 valence electrons. The van der Waals surface area contributed by atoms with Gasteiger partial charge < -0.3 is 0 Å². The van der Waals surface area contributed by atoms with E-state index in [-0.39, 0.29) is 34.1 Å². The van der Waals surface area contributed by atoms with Crippen molar-refractivity contribution in [2.24, 2.45) is 0 Å². The van der Waals surface area contributed by atoms with E-state index in [2.05, 4.69) is 9.97 Å². The molecule has 2 nitrogen and oxygen atoms in total. The molecule has 0 spiro atoms. The molecule has 0 aliphatic carbocycles. The molecule has 0 saturated carbocycles. The fourth-order valence-electron chi connectivity index (χ4n) is 1.09. The van der Waals surface area contributed by atoms with Crippen molar-refractivity contribution in [3.8, 4) is 11.1 Å². The largest absolute Gasteiger partial charge is 0.265 e. The summed E-state index contributed by atoms with van der Waals surface area (Å²) in [6.45, 7) is 0. The van der Waals surface area contributed by atoms with Gasteiger partial charge in [0.05, 0.1) is 0 Å². The molecule has 0 bridgehead atoms. The number of pyridine rings is 2. The molecule has 0 aliphatic heterocycles. The molecule has 4 heteroatoms. The second-order valence-electron chi connectivity index (χ2n) is 2.47. The van der Waals surface area contributed by atoms with Crippen molar-refractivity contribution in [3.63, 3.8) is 0 Å². The van der Waals surface area contributed by atoms with Crippen molar-refractivity contribution < 1.29 is 34.1 Å². The molecule has 0 amide bonds. The van der Waals surface area contributed by atoms with Gasteiger partial charge in [0.25, 0.3) is 0 Å². The third-order valence-corrected chi connectivity index (χ3v) is 1.69. The van der Waals surface area contributed by atoms with Crippen LogP contribution in [0.1, 0.15) is 0 Å². The maximum Gasteiger partial charge on any atom is 0.0273 e. The Bertz CT molecular complexity index is 314. The van der Waals surface area contributed by atoms with E-state index in [9.17, 15) is 0 Å². The Morgan fingerprint density at radius 2 is 0.857 bits per heavy atom. The molecule has 0 unspecified atom stereocenters. The fraction of sp³-hybridized carbons (Fsp3) is 0. The quantitative estimate of drug-likeness (QED) is 0.749. The van der Waals surface area contributed by atoms with Gasteiger partial charge in [0.15, 0.2) is 0 Å². The van der Waals surface area contributed by atoms with Crippen LogP contribution in [0.15, 0.2) is 49.1 Å². The molecule has 0 N–H and O–H groups in total. The van der Waals surface area contributed by atoms with Crippen LogP contribution in [0.3, 0.4) is 0 Å². The molecule has 2 radical (unpaired) electrons. The van der Waals surface area contributed by atoms with Gasteiger partial charge in [-0.15, -0.1) is 0 Å². The predicted molar refractivity (Wildman–Crippen MR) is 47.5 cm³/mol. The Morgan fingerprint density at radius 3 is 1.14 bits per heavy atom. The average Bonchev–Trinajstić information content (AvgIpc) is 2.21. The molecule has 14 heavy (non-hydrogen) atoms. The molecule has 2 heterocycles. The van der Waals surface area contributed by atoms with Crippen molar-refractivity contribution in [1.82, 2.24) is 9.97 Å². The van der Waals surface area contributed by atoms with E-state index in [4.69, 9.17) is 0 Å². The molecule has 2 aromatic heterocycles. The van der Waals surface area contributed by atoms with Crippen LogP contribution in [0.25, 0.3) is 11.1 Å². The van der Waals surface area contributed by atoms with Crippen LogP contribution >= 0.6 is 0 Å². The van der Waals surface area contributed by atoms with Gasteiger partial charge in [-0.25, -0.2) is 0 Å². The summed E-state index contributed by atoms with van der Waals surface area (Å²) in [6, 6.07) is 7.93. The molecule has 2 rings (SSSR count). The Morgan fingerprint density at radius 1 is 0.571 bits per heavy atom. The second-order valence-corrected chi connectivity index (χ2v) is 2.47. The molecule has 0 aromatic carbocycles. The van der Waals surface area contributed by atoms with Crippen LogP contribution in [0.5, 0.6) is 0 Å². The molecule has 2 aromatic rings. The first-order valence-corrected chi connectivity index (χ1v) is 3.77. The van der Waals surface area contributed by atoms with E-state index >= 15 is 0 Å². The first kappa shape index (κ1) is 13.3. The molecule has 0 saturated heterocycles. The summed E-state index contributed by atoms with van der Waals surface area (Å²) in [7, 11) is 0. The van der Waals surface area contributed by atoms with E-state index in [0.29, 0.717) is 0 Å². The number of aromatic nitrogens is 2. The molecular formula is C10H8Cu2N2. The van der Waals surface area contributed by atoms with Gasteiger partial charge in [0.2, 0.25) is 0 Å². The van der Waals surface area contributed by atoms with Crippen LogP contribution in [0.4, 0.5) is 0 Å². The third kappa shape index (κ3) is 3.24. The Hall–Kier alpha value is -0.661. The predicted octanol–water partition coefficient (Wildman–Crippen LogP) is 2.14. The van der Waals surface area contributed by atoms with Crippen molar-refractivity contribution in [2.45, 2.75) is 0 Å². The standard InChI is InChI=1S/C10H8N2.2Cu/c1-5-11-6-2-9(1)10-3-7-12-8-4-10;;/h1-8H;;. The fourth-order valence-corrected chi connectivity index (χ4v) is 1.09. The maximum atomic E-state index is 3.96. The zero-order chi connectivity index (χ0) is 8.23. The Kier molecular flexibility index (Phi) is 6.42. The minimum Gasteiger partial charge on any atom is -0.265 e. The first-order valence-electron chi connectivity index (χ1n) is 3.77. The van der Waals surface area contributed by atoms with Crippen molar-refractivity contribution in [3.05, 3.63) is 49.1 Å². The van der Waals surface area contributed by atoms with Gasteiger partial charge in [-0.1, -0.05) is 0 Å². The second kappa shape index (κ2) is 6.74. The van der Waals surface area contributed by atoms with Crippen molar-refractivity contribution in [1.29, 1.82) is 0 Å². The van der Waals surface area contributed by atoms with E-state index in [0.717, 1.165) is 0 Å². The number of hydrogen-bond donors (Lipinski definition) is 0. The molecule has 0 aliphatic rings. The Labute approximate surface area is 104 Å². The van der Waals surface area contributed by atoms with Crippen LogP contribution in [-0.4, -0.2) is 9.97 Å². The first-order chi connectivity index (χ1) is 5.97. The minimum atomic E-state index is 0. The minimum absolute atomic E-state index is 0. The zero-order valence-corrected chi connectivity index (χ0v) is 9.00. The van der Waals surface area contributed by atoms with E-state index in [1.807, 2.05) is 24.3 Å². The summed E-state index contributed by atoms with van der Waals surface area (Å²) in [5.41, 5.74) is 2.35.